The summed E-state index contributed by atoms with van der Waals surface area (Å²) in [5.41, 5.74) is 3.53. The molecule has 0 amide bonds. The summed E-state index contributed by atoms with van der Waals surface area (Å²) in [7, 11) is 1.41. The number of aromatic nitrogens is 3. The zero-order valence-corrected chi connectivity index (χ0v) is 23.5. The molecule has 1 N–H and O–H groups in total. The Labute approximate surface area is 225 Å². The van der Waals surface area contributed by atoms with Crippen LogP contribution in [0.4, 0.5) is 5.95 Å². The number of imidazole rings is 1. The summed E-state index contributed by atoms with van der Waals surface area (Å²) in [5, 5.41) is 0. The molecule has 2 aromatic heterocycles. The van der Waals surface area contributed by atoms with Crippen LogP contribution in [0.5, 0.6) is 0 Å². The van der Waals surface area contributed by atoms with Crippen molar-refractivity contribution in [1.29, 1.82) is 0 Å². The molecule has 0 saturated carbocycles. The Hall–Kier alpha value is -2.27. The van der Waals surface area contributed by atoms with Crippen LogP contribution in [0.25, 0.3) is 5.65 Å². The standard InChI is InChI=1S/C27H35N5O3S2/c1-26(2,3)37(34)30-23-20-8-6-5-7-19(20)17-27(23)10-13-31(14-11-27)25-29-18-21(24-28-12-15-32(24)25)36-16-9-22(33)35-4/h5-8,12,15,18,23,30H,9-11,13-14,16-17H2,1-4H3/t23-,37?/m1/s1. The highest BCUT2D eigenvalue weighted by molar-refractivity contribution is 7.99. The topological polar surface area (TPSA) is 94.8 Å². The fourth-order valence-corrected chi connectivity index (χ4v) is 7.28. The monoisotopic (exact) mass is 541 g/mol. The summed E-state index contributed by atoms with van der Waals surface area (Å²) in [6.07, 6.45) is 8.93. The second-order valence-corrected chi connectivity index (χ2v) is 14.0. The molecule has 0 bridgehead atoms. The summed E-state index contributed by atoms with van der Waals surface area (Å²) in [5.74, 6) is 1.29. The van der Waals surface area contributed by atoms with Gasteiger partial charge in [0.1, 0.15) is 4.75 Å². The molecule has 0 radical (unpaired) electrons. The largest absolute Gasteiger partial charge is 0.598 e. The molecule has 3 aromatic rings. The van der Waals surface area contributed by atoms with E-state index in [-0.39, 0.29) is 22.2 Å². The predicted octanol–water partition coefficient (Wildman–Crippen LogP) is 4.32. The summed E-state index contributed by atoms with van der Waals surface area (Å²) in [6.45, 7) is 7.79. The first kappa shape index (κ1) is 26.3. The normalized spacial score (nSPS) is 19.8. The van der Waals surface area contributed by atoms with E-state index in [1.165, 1.54) is 18.2 Å². The molecule has 1 aliphatic heterocycles. The van der Waals surface area contributed by atoms with Crippen molar-refractivity contribution in [3.63, 3.8) is 0 Å². The van der Waals surface area contributed by atoms with E-state index in [1.807, 2.05) is 37.6 Å². The number of anilines is 1. The molecule has 1 aromatic carbocycles. The number of carbonyl (C=O) groups excluding carboxylic acids is 1. The van der Waals surface area contributed by atoms with Crippen molar-refractivity contribution in [2.45, 2.75) is 62.1 Å². The van der Waals surface area contributed by atoms with Gasteiger partial charge in [-0.1, -0.05) is 24.3 Å². The number of esters is 1. The lowest BCUT2D eigenvalue weighted by atomic mass is 9.73. The molecule has 8 nitrogen and oxygen atoms in total. The Bertz CT molecular complexity index is 1270. The number of piperidine rings is 1. The van der Waals surface area contributed by atoms with Gasteiger partial charge in [0.05, 0.1) is 24.5 Å². The van der Waals surface area contributed by atoms with E-state index in [9.17, 15) is 9.35 Å². The maximum atomic E-state index is 13.2. The van der Waals surface area contributed by atoms with Gasteiger partial charge in [0.15, 0.2) is 5.65 Å². The molecule has 1 saturated heterocycles. The zero-order chi connectivity index (χ0) is 26.2. The second kappa shape index (κ2) is 10.5. The zero-order valence-electron chi connectivity index (χ0n) is 21.9. The van der Waals surface area contributed by atoms with Crippen LogP contribution < -0.4 is 9.62 Å². The molecule has 1 unspecified atom stereocenters. The number of benzene rings is 1. The fourth-order valence-electron chi connectivity index (χ4n) is 5.44. The van der Waals surface area contributed by atoms with Gasteiger partial charge in [-0.05, 0) is 51.2 Å². The molecule has 2 atom stereocenters. The fraction of sp³-hybridized carbons (Fsp3) is 0.519. The third-order valence-corrected chi connectivity index (χ3v) is 10.1. The molecule has 1 spiro atoms. The first-order chi connectivity index (χ1) is 17.7. The molecule has 2 aliphatic rings. The Morgan fingerprint density at radius 1 is 1.27 bits per heavy atom. The van der Waals surface area contributed by atoms with E-state index in [0.29, 0.717) is 12.2 Å². The molecular weight excluding hydrogens is 506 g/mol. The summed E-state index contributed by atoms with van der Waals surface area (Å²) >= 11 is 0.418. The SMILES string of the molecule is COC(=O)CCSc1cnc(N2CCC3(CC2)Cc2ccccc2[C@H]3N[S+]([O-])C(C)(C)C)n2ccnc12. The molecule has 3 heterocycles. The van der Waals surface area contributed by atoms with Crippen LogP contribution >= 0.6 is 11.8 Å². The third-order valence-electron chi connectivity index (χ3n) is 7.51. The van der Waals surface area contributed by atoms with E-state index >= 15 is 0 Å². The van der Waals surface area contributed by atoms with E-state index < -0.39 is 11.4 Å². The number of carbonyl (C=O) groups is 1. The summed E-state index contributed by atoms with van der Waals surface area (Å²) in [6, 6.07) is 8.68. The average molecular weight is 542 g/mol. The van der Waals surface area contributed by atoms with Crippen molar-refractivity contribution < 1.29 is 14.1 Å². The number of fused-ring (bicyclic) bond motifs is 2. The summed E-state index contributed by atoms with van der Waals surface area (Å²) < 4.78 is 23.2. The third kappa shape index (κ3) is 5.21. The minimum absolute atomic E-state index is 0.0266. The molecule has 1 aliphatic carbocycles. The number of thioether (sulfide) groups is 1. The van der Waals surface area contributed by atoms with Crippen LogP contribution in [-0.4, -0.2) is 55.6 Å². The van der Waals surface area contributed by atoms with Crippen LogP contribution in [-0.2, 0) is 27.3 Å². The minimum Gasteiger partial charge on any atom is -0.598 e. The van der Waals surface area contributed by atoms with Gasteiger partial charge in [0.2, 0.25) is 5.95 Å². The second-order valence-electron chi connectivity index (χ2n) is 10.9. The lowest BCUT2D eigenvalue weighted by molar-refractivity contribution is -0.140. The smallest absolute Gasteiger partial charge is 0.306 e. The van der Waals surface area contributed by atoms with Crippen LogP contribution in [0.15, 0.2) is 47.8 Å². The highest BCUT2D eigenvalue weighted by atomic mass is 32.2. The Balaban J connectivity index is 1.34. The van der Waals surface area contributed by atoms with Crippen molar-refractivity contribution in [2.24, 2.45) is 5.41 Å². The highest BCUT2D eigenvalue weighted by Gasteiger charge is 2.50. The minimum atomic E-state index is -1.15. The van der Waals surface area contributed by atoms with Gasteiger partial charge < -0.3 is 14.2 Å². The van der Waals surface area contributed by atoms with Crippen molar-refractivity contribution >= 4 is 40.7 Å². The van der Waals surface area contributed by atoms with Crippen molar-refractivity contribution in [1.82, 2.24) is 19.1 Å². The predicted molar refractivity (Wildman–Crippen MR) is 148 cm³/mol. The Kier molecular flexibility index (Phi) is 7.46. The maximum Gasteiger partial charge on any atom is 0.306 e. The lowest BCUT2D eigenvalue weighted by Gasteiger charge is -2.44. The molecule has 5 rings (SSSR count). The van der Waals surface area contributed by atoms with E-state index in [0.717, 1.165) is 48.8 Å². The van der Waals surface area contributed by atoms with Gasteiger partial charge in [0, 0.05) is 54.2 Å². The molecule has 10 heteroatoms. The number of methoxy groups -OCH3 is 1. The lowest BCUT2D eigenvalue weighted by Crippen LogP contribution is -2.50. The number of hydrogen-bond donors (Lipinski definition) is 1. The summed E-state index contributed by atoms with van der Waals surface area (Å²) in [4.78, 5) is 24.2. The van der Waals surface area contributed by atoms with Gasteiger partial charge in [0.25, 0.3) is 0 Å². The van der Waals surface area contributed by atoms with Gasteiger partial charge in [-0.15, -0.1) is 16.5 Å². The number of nitrogens with zero attached hydrogens (tertiary/aromatic N) is 4. The van der Waals surface area contributed by atoms with Gasteiger partial charge in [-0.2, -0.15) is 0 Å². The molecule has 37 heavy (non-hydrogen) atoms. The molecule has 1 fully saturated rings. The van der Waals surface area contributed by atoms with E-state index in [4.69, 9.17) is 9.72 Å². The number of nitrogens with one attached hydrogen (secondary N) is 1. The van der Waals surface area contributed by atoms with E-state index in [2.05, 4.69) is 38.9 Å². The number of ether oxygens (including phenoxy) is 1. The average Bonchev–Trinajstić information content (AvgIpc) is 3.48. The number of rotatable bonds is 7. The Morgan fingerprint density at radius 2 is 2.03 bits per heavy atom. The van der Waals surface area contributed by atoms with Crippen LogP contribution in [0.1, 0.15) is 57.2 Å². The quantitative estimate of drug-likeness (QED) is 0.269. The van der Waals surface area contributed by atoms with E-state index in [1.54, 1.807) is 18.0 Å². The molecule has 198 valence electrons. The van der Waals surface area contributed by atoms with Crippen molar-refractivity contribution in [3.8, 4) is 0 Å². The van der Waals surface area contributed by atoms with Crippen molar-refractivity contribution in [2.75, 3.05) is 30.9 Å². The van der Waals surface area contributed by atoms with Crippen molar-refractivity contribution in [3.05, 3.63) is 54.0 Å². The maximum absolute atomic E-state index is 13.2. The molecular formula is C27H35N5O3S2. The highest BCUT2D eigenvalue weighted by Crippen LogP contribution is 2.52. The first-order valence-corrected chi connectivity index (χ1v) is 14.9. The first-order valence-electron chi connectivity index (χ1n) is 12.7. The van der Waals surface area contributed by atoms with Crippen LogP contribution in [0.3, 0.4) is 0 Å². The van der Waals surface area contributed by atoms with Gasteiger partial charge >= 0.3 is 5.97 Å². The number of hydrogen-bond acceptors (Lipinski definition) is 8. The Morgan fingerprint density at radius 3 is 2.76 bits per heavy atom. The van der Waals surface area contributed by atoms with Crippen LogP contribution in [0.2, 0.25) is 0 Å². The van der Waals surface area contributed by atoms with Gasteiger partial charge in [-0.25, -0.2) is 9.97 Å². The van der Waals surface area contributed by atoms with Crippen LogP contribution in [0, 0.1) is 5.41 Å². The van der Waals surface area contributed by atoms with Gasteiger partial charge in [-0.3, -0.25) is 9.20 Å².